The number of rotatable bonds is 0. The Morgan fingerprint density at radius 2 is 1.00 bits per heavy atom. The second-order valence-electron chi connectivity index (χ2n) is 0.143. The van der Waals surface area contributed by atoms with Crippen molar-refractivity contribution in [3.05, 3.63) is 0 Å². The summed E-state index contributed by atoms with van der Waals surface area (Å²) in [6, 6.07) is 0. The SMILES string of the molecule is Cl.[Cl][Ir]([Cl])[Cl]. The van der Waals surface area contributed by atoms with Crippen LogP contribution >= 0.6 is 41.2 Å². The molecule has 0 aliphatic rings. The van der Waals surface area contributed by atoms with Crippen LogP contribution in [0.5, 0.6) is 0 Å². The average Bonchev–Trinajstić information content (AvgIpc) is 0.811. The Morgan fingerprint density at radius 1 is 1.00 bits per heavy atom. The van der Waals surface area contributed by atoms with E-state index < -0.39 is 13.5 Å². The van der Waals surface area contributed by atoms with E-state index in [1.165, 1.54) is 0 Å². The Labute approximate surface area is 54.3 Å². The van der Waals surface area contributed by atoms with Crippen LogP contribution in [0, 0.1) is 0 Å². The Morgan fingerprint density at radius 3 is 1.00 bits per heavy atom. The molecule has 0 nitrogen and oxygen atoms in total. The van der Waals surface area contributed by atoms with Crippen LogP contribution in [0.2, 0.25) is 0 Å². The summed E-state index contributed by atoms with van der Waals surface area (Å²) in [5.74, 6) is 0. The molecule has 0 amide bonds. The molecular weight excluding hydrogens is 334 g/mol. The van der Waals surface area contributed by atoms with E-state index >= 15 is 0 Å². The van der Waals surface area contributed by atoms with Crippen LogP contribution < -0.4 is 0 Å². The Hall–Kier alpha value is 1.81. The first-order valence-corrected chi connectivity index (χ1v) is 9.28. The van der Waals surface area contributed by atoms with Crippen molar-refractivity contribution in [2.24, 2.45) is 0 Å². The van der Waals surface area contributed by atoms with Gasteiger partial charge in [-0.25, -0.2) is 0 Å². The monoisotopic (exact) mass is 334 g/mol. The molecule has 0 saturated carbocycles. The van der Waals surface area contributed by atoms with Gasteiger partial charge in [0.2, 0.25) is 0 Å². The fraction of sp³-hybridized carbons (Fsp3) is 0. The van der Waals surface area contributed by atoms with Crippen LogP contribution in [0.1, 0.15) is 0 Å². The van der Waals surface area contributed by atoms with E-state index in [0.717, 1.165) is 0 Å². The third-order valence-electron chi connectivity index (χ3n) is 0. The second-order valence-corrected chi connectivity index (χ2v) is 10.5. The molecule has 0 atom stereocenters. The van der Waals surface area contributed by atoms with Crippen LogP contribution in [0.25, 0.3) is 0 Å². The molecular formula is HCl4Ir. The summed E-state index contributed by atoms with van der Waals surface area (Å²) >= 11 is -1.92. The van der Waals surface area contributed by atoms with E-state index in [1.54, 1.807) is 0 Å². The summed E-state index contributed by atoms with van der Waals surface area (Å²) in [6.07, 6.45) is 0. The van der Waals surface area contributed by atoms with E-state index in [1.807, 2.05) is 0 Å². The summed E-state index contributed by atoms with van der Waals surface area (Å²) < 4.78 is 0. The molecule has 0 aromatic heterocycles. The molecule has 0 bridgehead atoms. The molecule has 0 radical (unpaired) electrons. The van der Waals surface area contributed by atoms with Crippen LogP contribution in [-0.2, 0) is 13.5 Å². The molecule has 0 N–H and O–H groups in total. The standard InChI is InChI=1S/4ClH.Ir/h4*1H;/q;;;;+3/p-3. The fourth-order valence-corrected chi connectivity index (χ4v) is 0. The zero-order chi connectivity index (χ0) is 3.58. The first kappa shape index (κ1) is 9.94. The van der Waals surface area contributed by atoms with Gasteiger partial charge >= 0.3 is 42.2 Å². The number of halogens is 4. The van der Waals surface area contributed by atoms with Crippen LogP contribution in [0.3, 0.4) is 0 Å². The van der Waals surface area contributed by atoms with Gasteiger partial charge in [0.1, 0.15) is 0 Å². The van der Waals surface area contributed by atoms with Gasteiger partial charge in [-0.3, -0.25) is 0 Å². The van der Waals surface area contributed by atoms with E-state index in [-0.39, 0.29) is 12.4 Å². The maximum atomic E-state index is 4.97. The molecule has 0 aliphatic carbocycles. The molecule has 0 spiro atoms. The van der Waals surface area contributed by atoms with Gasteiger partial charge in [0, 0.05) is 0 Å². The van der Waals surface area contributed by atoms with Crippen molar-refractivity contribution in [1.82, 2.24) is 0 Å². The molecule has 0 fully saturated rings. The van der Waals surface area contributed by atoms with Gasteiger partial charge in [0.25, 0.3) is 0 Å². The zero-order valence-electron chi connectivity index (χ0n) is 1.88. The summed E-state index contributed by atoms with van der Waals surface area (Å²) in [7, 11) is 14.9. The van der Waals surface area contributed by atoms with Crippen LogP contribution in [0.15, 0.2) is 0 Å². The molecule has 0 rings (SSSR count). The van der Waals surface area contributed by atoms with Gasteiger partial charge in [0.15, 0.2) is 0 Å². The van der Waals surface area contributed by atoms with Crippen LogP contribution in [0.4, 0.5) is 0 Å². The van der Waals surface area contributed by atoms with Gasteiger partial charge in [-0.1, -0.05) is 0 Å². The van der Waals surface area contributed by atoms with Crippen molar-refractivity contribution in [2.75, 3.05) is 0 Å². The molecule has 0 heterocycles. The van der Waals surface area contributed by atoms with Gasteiger partial charge in [0.05, 0.1) is 0 Å². The summed E-state index contributed by atoms with van der Waals surface area (Å²) in [4.78, 5) is 0. The van der Waals surface area contributed by atoms with Crippen molar-refractivity contribution < 1.29 is 13.5 Å². The molecule has 0 aromatic rings. The van der Waals surface area contributed by atoms with Crippen molar-refractivity contribution in [3.8, 4) is 0 Å². The third kappa shape index (κ3) is 25.8. The Balaban J connectivity index is 0. The predicted octanol–water partition coefficient (Wildman–Crippen LogP) is 2.49. The van der Waals surface area contributed by atoms with Crippen molar-refractivity contribution in [3.63, 3.8) is 0 Å². The quantitative estimate of drug-likeness (QED) is 0.638. The van der Waals surface area contributed by atoms with Crippen molar-refractivity contribution >= 4 is 41.2 Å². The van der Waals surface area contributed by atoms with Crippen molar-refractivity contribution in [1.29, 1.82) is 0 Å². The van der Waals surface area contributed by atoms with Gasteiger partial charge < -0.3 is 0 Å². The summed E-state index contributed by atoms with van der Waals surface area (Å²) in [5, 5.41) is 0. The van der Waals surface area contributed by atoms with Gasteiger partial charge in [-0.2, -0.15) is 0 Å². The first-order valence-electron chi connectivity index (χ1n) is 0.378. The second kappa shape index (κ2) is 5.81. The van der Waals surface area contributed by atoms with Gasteiger partial charge in [-0.05, 0) is 0 Å². The topological polar surface area (TPSA) is 0 Å². The molecule has 0 saturated heterocycles. The Kier molecular flexibility index (Phi) is 11.5. The summed E-state index contributed by atoms with van der Waals surface area (Å²) in [6.45, 7) is 0. The normalized spacial score (nSPS) is 9.00. The minimum atomic E-state index is -1.92. The van der Waals surface area contributed by atoms with E-state index in [4.69, 9.17) is 28.8 Å². The third-order valence-corrected chi connectivity index (χ3v) is 0. The number of hydrogen-bond donors (Lipinski definition) is 0. The molecule has 5 heteroatoms. The minimum absolute atomic E-state index is 0. The first-order chi connectivity index (χ1) is 1.73. The fourth-order valence-electron chi connectivity index (χ4n) is 0. The number of hydrogen-bond acceptors (Lipinski definition) is 0. The zero-order valence-corrected chi connectivity index (χ0v) is 7.35. The average molecular weight is 335 g/mol. The molecule has 5 heavy (non-hydrogen) atoms. The molecule has 0 aromatic carbocycles. The van der Waals surface area contributed by atoms with Gasteiger partial charge in [-0.15, -0.1) is 12.4 Å². The molecule has 0 aliphatic heterocycles. The summed E-state index contributed by atoms with van der Waals surface area (Å²) in [5.41, 5.74) is 0. The van der Waals surface area contributed by atoms with E-state index in [0.29, 0.717) is 0 Å². The molecule has 38 valence electrons. The maximum absolute atomic E-state index is 4.97. The van der Waals surface area contributed by atoms with Crippen LogP contribution in [-0.4, -0.2) is 0 Å². The Bertz CT molecular complexity index is 8.36. The van der Waals surface area contributed by atoms with Crippen molar-refractivity contribution in [2.45, 2.75) is 0 Å². The van der Waals surface area contributed by atoms with E-state index in [2.05, 4.69) is 0 Å². The van der Waals surface area contributed by atoms with E-state index in [9.17, 15) is 0 Å². The molecule has 0 unspecified atom stereocenters. The predicted molar refractivity (Wildman–Crippen MR) is 24.8 cm³/mol.